The van der Waals surface area contributed by atoms with Crippen LogP contribution in [0.2, 0.25) is 0 Å². The van der Waals surface area contributed by atoms with Crippen LogP contribution in [-0.4, -0.2) is 29.1 Å². The maximum atomic E-state index is 2.61. The van der Waals surface area contributed by atoms with Crippen LogP contribution in [0.25, 0.3) is 10.9 Å². The minimum atomic E-state index is 0.607. The van der Waals surface area contributed by atoms with Gasteiger partial charge in [0.1, 0.15) is 0 Å². The standard InChI is InChI=1S/C18H26N2/c1-15(2)16-6-7-18-17(14-16)8-11-20(18)13-12-19-9-4-3-5-10-19/h6-8,11,14-15H,3-5,9-10,12-13H2,1-2H3. The van der Waals surface area contributed by atoms with Gasteiger partial charge in [0.15, 0.2) is 0 Å². The Kier molecular flexibility index (Phi) is 4.11. The van der Waals surface area contributed by atoms with Crippen molar-refractivity contribution in [2.45, 2.75) is 45.6 Å². The van der Waals surface area contributed by atoms with Gasteiger partial charge in [0.2, 0.25) is 0 Å². The van der Waals surface area contributed by atoms with Crippen molar-refractivity contribution < 1.29 is 0 Å². The van der Waals surface area contributed by atoms with Crippen molar-refractivity contribution in [3.05, 3.63) is 36.0 Å². The van der Waals surface area contributed by atoms with Gasteiger partial charge in [-0.15, -0.1) is 0 Å². The third kappa shape index (κ3) is 2.90. The molecule has 0 unspecified atom stereocenters. The molecule has 1 fully saturated rings. The molecule has 2 nitrogen and oxygen atoms in total. The van der Waals surface area contributed by atoms with Crippen LogP contribution in [-0.2, 0) is 6.54 Å². The molecule has 1 aromatic carbocycles. The van der Waals surface area contributed by atoms with Gasteiger partial charge in [0.25, 0.3) is 0 Å². The highest BCUT2D eigenvalue weighted by Gasteiger charge is 2.10. The highest BCUT2D eigenvalue weighted by molar-refractivity contribution is 5.81. The molecule has 2 heteroatoms. The van der Waals surface area contributed by atoms with E-state index in [9.17, 15) is 0 Å². The average Bonchev–Trinajstić information content (AvgIpc) is 2.88. The van der Waals surface area contributed by atoms with Crippen molar-refractivity contribution in [3.8, 4) is 0 Å². The van der Waals surface area contributed by atoms with Gasteiger partial charge in [-0.1, -0.05) is 26.3 Å². The molecular formula is C18H26N2. The number of hydrogen-bond acceptors (Lipinski definition) is 1. The van der Waals surface area contributed by atoms with E-state index in [0.29, 0.717) is 5.92 Å². The molecule has 2 heterocycles. The quantitative estimate of drug-likeness (QED) is 0.806. The lowest BCUT2D eigenvalue weighted by Crippen LogP contribution is -2.32. The number of fused-ring (bicyclic) bond motifs is 1. The molecule has 20 heavy (non-hydrogen) atoms. The zero-order valence-electron chi connectivity index (χ0n) is 12.8. The highest BCUT2D eigenvalue weighted by atomic mass is 15.1. The molecule has 3 rings (SSSR count). The van der Waals surface area contributed by atoms with E-state index in [0.717, 1.165) is 6.54 Å². The Morgan fingerprint density at radius 1 is 1.00 bits per heavy atom. The second-order valence-electron chi connectivity index (χ2n) is 6.38. The summed E-state index contributed by atoms with van der Waals surface area (Å²) in [5.41, 5.74) is 2.82. The number of likely N-dealkylation sites (tertiary alicyclic amines) is 1. The number of rotatable bonds is 4. The highest BCUT2D eigenvalue weighted by Crippen LogP contribution is 2.22. The summed E-state index contributed by atoms with van der Waals surface area (Å²) < 4.78 is 2.41. The van der Waals surface area contributed by atoms with E-state index in [1.807, 2.05) is 0 Å². The third-order valence-electron chi connectivity index (χ3n) is 4.57. The first-order valence-electron chi connectivity index (χ1n) is 8.05. The molecule has 1 saturated heterocycles. The maximum Gasteiger partial charge on any atom is 0.0480 e. The lowest BCUT2D eigenvalue weighted by atomic mass is 10.0. The van der Waals surface area contributed by atoms with E-state index in [-0.39, 0.29) is 0 Å². The number of hydrogen-bond donors (Lipinski definition) is 0. The molecule has 0 radical (unpaired) electrons. The molecule has 0 saturated carbocycles. The maximum absolute atomic E-state index is 2.61. The molecule has 0 N–H and O–H groups in total. The Morgan fingerprint density at radius 2 is 1.80 bits per heavy atom. The largest absolute Gasteiger partial charge is 0.346 e. The topological polar surface area (TPSA) is 8.17 Å². The van der Waals surface area contributed by atoms with Gasteiger partial charge < -0.3 is 9.47 Å². The Labute approximate surface area is 122 Å². The van der Waals surface area contributed by atoms with Gasteiger partial charge in [-0.2, -0.15) is 0 Å². The van der Waals surface area contributed by atoms with E-state index in [4.69, 9.17) is 0 Å². The second kappa shape index (κ2) is 6.01. The van der Waals surface area contributed by atoms with Crippen LogP contribution in [0.4, 0.5) is 0 Å². The summed E-state index contributed by atoms with van der Waals surface area (Å²) in [5.74, 6) is 0.607. The lowest BCUT2D eigenvalue weighted by molar-refractivity contribution is 0.221. The SMILES string of the molecule is CC(C)c1ccc2c(ccn2CCN2CCCCC2)c1. The molecule has 0 spiro atoms. The molecule has 1 aromatic heterocycles. The third-order valence-corrected chi connectivity index (χ3v) is 4.57. The first-order valence-corrected chi connectivity index (χ1v) is 8.05. The van der Waals surface area contributed by atoms with Crippen molar-refractivity contribution in [3.63, 3.8) is 0 Å². The summed E-state index contributed by atoms with van der Waals surface area (Å²) >= 11 is 0. The van der Waals surface area contributed by atoms with Crippen LogP contribution >= 0.6 is 0 Å². The molecule has 108 valence electrons. The van der Waals surface area contributed by atoms with Crippen LogP contribution in [0.15, 0.2) is 30.5 Å². The van der Waals surface area contributed by atoms with Crippen LogP contribution in [0.3, 0.4) is 0 Å². The smallest absolute Gasteiger partial charge is 0.0480 e. The van der Waals surface area contributed by atoms with Crippen molar-refractivity contribution >= 4 is 10.9 Å². The van der Waals surface area contributed by atoms with Crippen LogP contribution < -0.4 is 0 Å². The zero-order chi connectivity index (χ0) is 13.9. The number of aromatic nitrogens is 1. The Hall–Kier alpha value is -1.28. The minimum absolute atomic E-state index is 0.607. The lowest BCUT2D eigenvalue weighted by Gasteiger charge is -2.26. The van der Waals surface area contributed by atoms with Crippen LogP contribution in [0, 0.1) is 0 Å². The predicted molar refractivity (Wildman–Crippen MR) is 86.3 cm³/mol. The molecule has 0 bridgehead atoms. The van der Waals surface area contributed by atoms with Gasteiger partial charge in [-0.05, 0) is 61.0 Å². The fourth-order valence-corrected chi connectivity index (χ4v) is 3.20. The van der Waals surface area contributed by atoms with Gasteiger partial charge in [-0.25, -0.2) is 0 Å². The minimum Gasteiger partial charge on any atom is -0.346 e. The van der Waals surface area contributed by atoms with Crippen LogP contribution in [0.1, 0.15) is 44.6 Å². The van der Waals surface area contributed by atoms with Gasteiger partial charge in [0.05, 0.1) is 0 Å². The summed E-state index contributed by atoms with van der Waals surface area (Å²) in [6.45, 7) is 9.40. The number of piperidine rings is 1. The Morgan fingerprint density at radius 3 is 2.55 bits per heavy atom. The Bertz CT molecular complexity index is 562. The summed E-state index contributed by atoms with van der Waals surface area (Å²) in [5, 5.41) is 1.38. The average molecular weight is 270 g/mol. The summed E-state index contributed by atoms with van der Waals surface area (Å²) in [7, 11) is 0. The summed E-state index contributed by atoms with van der Waals surface area (Å²) in [6, 6.07) is 9.18. The van der Waals surface area contributed by atoms with Crippen molar-refractivity contribution in [2.24, 2.45) is 0 Å². The van der Waals surface area contributed by atoms with E-state index in [2.05, 4.69) is 53.8 Å². The second-order valence-corrected chi connectivity index (χ2v) is 6.38. The van der Waals surface area contributed by atoms with E-state index in [1.165, 1.54) is 55.4 Å². The molecule has 1 aliphatic rings. The first kappa shape index (κ1) is 13.7. The number of nitrogens with zero attached hydrogens (tertiary/aromatic N) is 2. The molecule has 2 aromatic rings. The van der Waals surface area contributed by atoms with Crippen molar-refractivity contribution in [1.29, 1.82) is 0 Å². The van der Waals surface area contributed by atoms with E-state index in [1.54, 1.807) is 0 Å². The predicted octanol–water partition coefficient (Wildman–Crippen LogP) is 4.25. The van der Waals surface area contributed by atoms with Gasteiger partial charge >= 0.3 is 0 Å². The monoisotopic (exact) mass is 270 g/mol. The molecule has 0 atom stereocenters. The molecule has 0 aliphatic carbocycles. The Balaban J connectivity index is 1.71. The van der Waals surface area contributed by atoms with Gasteiger partial charge in [0, 0.05) is 24.8 Å². The van der Waals surface area contributed by atoms with Crippen molar-refractivity contribution in [2.75, 3.05) is 19.6 Å². The van der Waals surface area contributed by atoms with Gasteiger partial charge in [-0.3, -0.25) is 0 Å². The van der Waals surface area contributed by atoms with Crippen LogP contribution in [0.5, 0.6) is 0 Å². The fraction of sp³-hybridized carbons (Fsp3) is 0.556. The van der Waals surface area contributed by atoms with Crippen molar-refractivity contribution in [1.82, 2.24) is 9.47 Å². The summed E-state index contributed by atoms with van der Waals surface area (Å²) in [6.07, 6.45) is 6.42. The molecule has 0 amide bonds. The normalized spacial score (nSPS) is 17.1. The first-order chi connectivity index (χ1) is 9.74. The molecule has 1 aliphatic heterocycles. The fourth-order valence-electron chi connectivity index (χ4n) is 3.20. The van der Waals surface area contributed by atoms with E-state index >= 15 is 0 Å². The summed E-state index contributed by atoms with van der Waals surface area (Å²) in [4.78, 5) is 2.61. The zero-order valence-corrected chi connectivity index (χ0v) is 12.8. The number of benzene rings is 1. The molecular weight excluding hydrogens is 244 g/mol. The van der Waals surface area contributed by atoms with E-state index < -0.39 is 0 Å².